The normalized spacial score (nSPS) is 12.9. The third-order valence-corrected chi connectivity index (χ3v) is 1.70. The van der Waals surface area contributed by atoms with Crippen molar-refractivity contribution in [2.75, 3.05) is 13.2 Å². The smallest absolute Gasteiger partial charge is 0.0565 e. The SMILES string of the molecule is C=C(C)CCC(O)CCOCC. The van der Waals surface area contributed by atoms with Crippen molar-refractivity contribution < 1.29 is 9.84 Å². The highest BCUT2D eigenvalue weighted by molar-refractivity contribution is 4.88. The Kier molecular flexibility index (Phi) is 7.11. The van der Waals surface area contributed by atoms with Crippen molar-refractivity contribution in [1.29, 1.82) is 0 Å². The topological polar surface area (TPSA) is 29.5 Å². The van der Waals surface area contributed by atoms with Gasteiger partial charge in [-0.3, -0.25) is 0 Å². The van der Waals surface area contributed by atoms with E-state index in [0.29, 0.717) is 6.61 Å². The van der Waals surface area contributed by atoms with Crippen molar-refractivity contribution in [2.45, 2.75) is 39.2 Å². The van der Waals surface area contributed by atoms with Gasteiger partial charge in [0.05, 0.1) is 6.10 Å². The number of aliphatic hydroxyl groups is 1. The van der Waals surface area contributed by atoms with Crippen LogP contribution in [0.2, 0.25) is 0 Å². The fourth-order valence-electron chi connectivity index (χ4n) is 0.921. The molecule has 2 nitrogen and oxygen atoms in total. The van der Waals surface area contributed by atoms with Gasteiger partial charge in [-0.1, -0.05) is 5.57 Å². The number of allylic oxidation sites excluding steroid dienone is 1. The number of rotatable bonds is 7. The molecule has 0 aromatic heterocycles. The van der Waals surface area contributed by atoms with E-state index in [9.17, 15) is 5.11 Å². The van der Waals surface area contributed by atoms with Crippen molar-refractivity contribution >= 4 is 0 Å². The summed E-state index contributed by atoms with van der Waals surface area (Å²) in [6.07, 6.45) is 2.23. The largest absolute Gasteiger partial charge is 0.393 e. The zero-order chi connectivity index (χ0) is 9.40. The summed E-state index contributed by atoms with van der Waals surface area (Å²) in [5, 5.41) is 9.40. The Balaban J connectivity index is 3.21. The summed E-state index contributed by atoms with van der Waals surface area (Å²) in [5.41, 5.74) is 1.13. The second-order valence-electron chi connectivity index (χ2n) is 3.14. The lowest BCUT2D eigenvalue weighted by Gasteiger charge is -2.09. The minimum absolute atomic E-state index is 0.228. The Hall–Kier alpha value is -0.340. The summed E-state index contributed by atoms with van der Waals surface area (Å²) in [4.78, 5) is 0. The quantitative estimate of drug-likeness (QED) is 0.471. The van der Waals surface area contributed by atoms with Gasteiger partial charge in [-0.25, -0.2) is 0 Å². The third-order valence-electron chi connectivity index (χ3n) is 1.70. The van der Waals surface area contributed by atoms with E-state index < -0.39 is 0 Å². The van der Waals surface area contributed by atoms with Crippen LogP contribution in [0.15, 0.2) is 12.2 Å². The standard InChI is InChI=1S/C10H20O2/c1-4-12-8-7-10(11)6-5-9(2)3/h10-11H,2,4-8H2,1,3H3. The van der Waals surface area contributed by atoms with Crippen molar-refractivity contribution in [1.82, 2.24) is 0 Å². The van der Waals surface area contributed by atoms with Crippen molar-refractivity contribution in [3.8, 4) is 0 Å². The van der Waals surface area contributed by atoms with Gasteiger partial charge in [0.1, 0.15) is 0 Å². The molecule has 0 aromatic carbocycles. The fraction of sp³-hybridized carbons (Fsp3) is 0.800. The molecule has 0 bridgehead atoms. The van der Waals surface area contributed by atoms with Gasteiger partial charge in [0.25, 0.3) is 0 Å². The predicted octanol–water partition coefficient (Wildman–Crippen LogP) is 2.13. The van der Waals surface area contributed by atoms with Gasteiger partial charge in [0, 0.05) is 13.2 Å². The first-order chi connectivity index (χ1) is 5.66. The van der Waals surface area contributed by atoms with Crippen LogP contribution in [0.25, 0.3) is 0 Å². The van der Waals surface area contributed by atoms with Gasteiger partial charge < -0.3 is 9.84 Å². The Bertz CT molecular complexity index is 121. The zero-order valence-corrected chi connectivity index (χ0v) is 8.18. The third kappa shape index (κ3) is 7.76. The first-order valence-corrected chi connectivity index (χ1v) is 4.57. The van der Waals surface area contributed by atoms with Gasteiger partial charge in [-0.05, 0) is 33.1 Å². The molecule has 0 saturated carbocycles. The first kappa shape index (κ1) is 11.7. The van der Waals surface area contributed by atoms with Crippen LogP contribution in [0.1, 0.15) is 33.1 Å². The molecule has 0 amide bonds. The molecule has 1 unspecified atom stereocenters. The molecule has 0 fully saturated rings. The molecule has 72 valence electrons. The second-order valence-corrected chi connectivity index (χ2v) is 3.14. The highest BCUT2D eigenvalue weighted by Crippen LogP contribution is 2.07. The van der Waals surface area contributed by atoms with Crippen LogP contribution >= 0.6 is 0 Å². The van der Waals surface area contributed by atoms with E-state index in [-0.39, 0.29) is 6.10 Å². The Labute approximate surface area is 75.2 Å². The van der Waals surface area contributed by atoms with Crippen molar-refractivity contribution in [3.63, 3.8) is 0 Å². The average Bonchev–Trinajstić information content (AvgIpc) is 2.01. The second kappa shape index (κ2) is 7.32. The van der Waals surface area contributed by atoms with Crippen LogP contribution in [0.5, 0.6) is 0 Å². The molecule has 12 heavy (non-hydrogen) atoms. The van der Waals surface area contributed by atoms with E-state index in [2.05, 4.69) is 6.58 Å². The van der Waals surface area contributed by atoms with Crippen LogP contribution in [0.4, 0.5) is 0 Å². The Morgan fingerprint density at radius 1 is 1.50 bits per heavy atom. The molecule has 1 atom stereocenters. The summed E-state index contributed by atoms with van der Waals surface area (Å²) in [6, 6.07) is 0. The first-order valence-electron chi connectivity index (χ1n) is 4.57. The summed E-state index contributed by atoms with van der Waals surface area (Å²) < 4.78 is 5.13. The lowest BCUT2D eigenvalue weighted by atomic mass is 10.1. The fourth-order valence-corrected chi connectivity index (χ4v) is 0.921. The molecule has 1 N–H and O–H groups in total. The van der Waals surface area contributed by atoms with Crippen molar-refractivity contribution in [2.24, 2.45) is 0 Å². The maximum Gasteiger partial charge on any atom is 0.0565 e. The molecule has 0 aliphatic carbocycles. The maximum atomic E-state index is 9.40. The molecule has 0 rings (SSSR count). The van der Waals surface area contributed by atoms with Crippen LogP contribution < -0.4 is 0 Å². The summed E-state index contributed by atoms with van der Waals surface area (Å²) in [7, 11) is 0. The maximum absolute atomic E-state index is 9.40. The lowest BCUT2D eigenvalue weighted by Crippen LogP contribution is -2.10. The van der Waals surface area contributed by atoms with Crippen molar-refractivity contribution in [3.05, 3.63) is 12.2 Å². The molecule has 0 saturated heterocycles. The number of aliphatic hydroxyl groups excluding tert-OH is 1. The van der Waals surface area contributed by atoms with E-state index in [1.807, 2.05) is 13.8 Å². The van der Waals surface area contributed by atoms with Crippen LogP contribution in [0, 0.1) is 0 Å². The number of hydrogen-bond acceptors (Lipinski definition) is 2. The van der Waals surface area contributed by atoms with Gasteiger partial charge >= 0.3 is 0 Å². The molecule has 0 aromatic rings. The average molecular weight is 172 g/mol. The Morgan fingerprint density at radius 3 is 2.67 bits per heavy atom. The minimum Gasteiger partial charge on any atom is -0.393 e. The molecule has 0 aliphatic heterocycles. The summed E-state index contributed by atoms with van der Waals surface area (Å²) >= 11 is 0. The highest BCUT2D eigenvalue weighted by atomic mass is 16.5. The van der Waals surface area contributed by atoms with E-state index in [1.54, 1.807) is 0 Å². The molecule has 0 spiro atoms. The molecule has 0 aliphatic rings. The van der Waals surface area contributed by atoms with E-state index in [4.69, 9.17) is 4.74 Å². The summed E-state index contributed by atoms with van der Waals surface area (Å²) in [5.74, 6) is 0. The van der Waals surface area contributed by atoms with Gasteiger partial charge in [0.2, 0.25) is 0 Å². The van der Waals surface area contributed by atoms with Crippen LogP contribution in [-0.2, 0) is 4.74 Å². The molecular weight excluding hydrogens is 152 g/mol. The van der Waals surface area contributed by atoms with E-state index >= 15 is 0 Å². The molecule has 0 heterocycles. The van der Waals surface area contributed by atoms with Gasteiger partial charge in [-0.2, -0.15) is 0 Å². The van der Waals surface area contributed by atoms with E-state index in [1.165, 1.54) is 0 Å². The number of ether oxygens (including phenoxy) is 1. The van der Waals surface area contributed by atoms with Gasteiger partial charge in [0.15, 0.2) is 0 Å². The van der Waals surface area contributed by atoms with Gasteiger partial charge in [-0.15, -0.1) is 6.58 Å². The lowest BCUT2D eigenvalue weighted by molar-refractivity contribution is 0.0845. The van der Waals surface area contributed by atoms with Crippen LogP contribution in [-0.4, -0.2) is 24.4 Å². The van der Waals surface area contributed by atoms with E-state index in [0.717, 1.165) is 31.4 Å². The molecular formula is C10H20O2. The number of hydrogen-bond donors (Lipinski definition) is 1. The highest BCUT2D eigenvalue weighted by Gasteiger charge is 2.02. The Morgan fingerprint density at radius 2 is 2.17 bits per heavy atom. The zero-order valence-electron chi connectivity index (χ0n) is 8.18. The minimum atomic E-state index is -0.228. The predicted molar refractivity (Wildman–Crippen MR) is 51.2 cm³/mol. The van der Waals surface area contributed by atoms with Crippen LogP contribution in [0.3, 0.4) is 0 Å². The summed E-state index contributed by atoms with van der Waals surface area (Å²) in [6.45, 7) is 9.11. The molecule has 2 heteroatoms. The monoisotopic (exact) mass is 172 g/mol. The molecule has 0 radical (unpaired) electrons.